The fourth-order valence-corrected chi connectivity index (χ4v) is 4.03. The zero-order chi connectivity index (χ0) is 24.2. The van der Waals surface area contributed by atoms with Crippen LogP contribution in [0.5, 0.6) is 0 Å². The van der Waals surface area contributed by atoms with E-state index in [2.05, 4.69) is 36.9 Å². The van der Waals surface area contributed by atoms with Crippen molar-refractivity contribution in [2.45, 2.75) is 13.1 Å². The molecule has 8 nitrogen and oxygen atoms in total. The normalized spacial score (nSPS) is 10.9. The van der Waals surface area contributed by atoms with Crippen molar-refractivity contribution in [2.75, 3.05) is 10.6 Å². The Morgan fingerprint density at radius 1 is 1.00 bits per heavy atom. The second kappa shape index (κ2) is 9.94. The minimum Gasteiger partial charge on any atom is -0.438 e. The summed E-state index contributed by atoms with van der Waals surface area (Å²) in [6.45, 7) is 1.06. The molecule has 9 heteroatoms. The van der Waals surface area contributed by atoms with E-state index < -0.39 is 5.91 Å². The average Bonchev–Trinajstić information content (AvgIpc) is 3.31. The van der Waals surface area contributed by atoms with Crippen molar-refractivity contribution in [1.82, 2.24) is 15.0 Å². The van der Waals surface area contributed by atoms with Crippen molar-refractivity contribution in [3.05, 3.63) is 112 Å². The van der Waals surface area contributed by atoms with Crippen molar-refractivity contribution < 1.29 is 9.21 Å². The second-order valence-electron chi connectivity index (χ2n) is 7.92. The van der Waals surface area contributed by atoms with Gasteiger partial charge in [-0.05, 0) is 35.9 Å². The predicted octanol–water partition coefficient (Wildman–Crippen LogP) is 5.18. The molecule has 0 bridgehead atoms. The van der Waals surface area contributed by atoms with E-state index >= 15 is 0 Å². The van der Waals surface area contributed by atoms with Gasteiger partial charge in [-0.25, -0.2) is 4.68 Å². The van der Waals surface area contributed by atoms with Crippen molar-refractivity contribution in [3.8, 4) is 0 Å². The number of nitrogens with one attached hydrogen (secondary N) is 3. The number of carbonyl (C=O) groups excluding carboxylic acids is 1. The van der Waals surface area contributed by atoms with Gasteiger partial charge in [0.1, 0.15) is 16.8 Å². The van der Waals surface area contributed by atoms with Crippen LogP contribution >= 0.6 is 15.9 Å². The Morgan fingerprint density at radius 2 is 1.80 bits per heavy atom. The van der Waals surface area contributed by atoms with Gasteiger partial charge in [0, 0.05) is 9.86 Å². The molecule has 0 unspecified atom stereocenters. The summed E-state index contributed by atoms with van der Waals surface area (Å²) in [6.07, 6.45) is 1.89. The highest BCUT2D eigenvalue weighted by molar-refractivity contribution is 9.10. The molecule has 0 spiro atoms. The fraction of sp³-hybridized carbons (Fsp3) is 0.0769. The molecule has 3 aromatic carbocycles. The quantitative estimate of drug-likeness (QED) is 0.269. The third-order valence-electron chi connectivity index (χ3n) is 5.38. The summed E-state index contributed by atoms with van der Waals surface area (Å²) in [5.41, 5.74) is 3.70. The highest BCUT2D eigenvalue weighted by Gasteiger charge is 2.14. The van der Waals surface area contributed by atoms with E-state index in [1.54, 1.807) is 22.9 Å². The first kappa shape index (κ1) is 22.5. The summed E-state index contributed by atoms with van der Waals surface area (Å²) in [7, 11) is 0. The van der Waals surface area contributed by atoms with E-state index in [1.165, 1.54) is 0 Å². The summed E-state index contributed by atoms with van der Waals surface area (Å²) in [5.74, 6) is -0.431. The third kappa shape index (κ3) is 5.30. The number of fused-ring (bicyclic) bond motifs is 1. The Hall–Kier alpha value is -4.24. The highest BCUT2D eigenvalue weighted by Crippen LogP contribution is 2.27. The van der Waals surface area contributed by atoms with Crippen molar-refractivity contribution >= 4 is 44.2 Å². The molecule has 0 fully saturated rings. The monoisotopic (exact) mass is 528 g/mol. The Balaban J connectivity index is 1.31. The van der Waals surface area contributed by atoms with Gasteiger partial charge in [-0.15, -0.1) is 5.10 Å². The molecule has 5 rings (SSSR count). The fourth-order valence-electron chi connectivity index (χ4n) is 3.66. The molecule has 0 aliphatic rings. The van der Waals surface area contributed by atoms with Gasteiger partial charge in [0.05, 0.1) is 30.7 Å². The highest BCUT2D eigenvalue weighted by atomic mass is 79.9. The number of hydrogen-bond donors (Lipinski definition) is 3. The van der Waals surface area contributed by atoms with E-state index in [0.717, 1.165) is 21.1 Å². The van der Waals surface area contributed by atoms with Gasteiger partial charge in [0.15, 0.2) is 0 Å². The molecular formula is C26H21BrN6O2. The maximum absolute atomic E-state index is 13.0. The van der Waals surface area contributed by atoms with E-state index in [9.17, 15) is 4.79 Å². The van der Waals surface area contributed by atoms with Gasteiger partial charge in [0.2, 0.25) is 5.55 Å². The number of benzene rings is 3. The number of para-hydroxylation sites is 1. The van der Waals surface area contributed by atoms with Crippen LogP contribution in [0.25, 0.3) is 11.0 Å². The van der Waals surface area contributed by atoms with Crippen LogP contribution in [-0.2, 0) is 13.1 Å². The van der Waals surface area contributed by atoms with E-state index in [1.807, 2.05) is 66.9 Å². The first-order valence-electron chi connectivity index (χ1n) is 10.9. The summed E-state index contributed by atoms with van der Waals surface area (Å²) in [4.78, 5) is 13.0. The van der Waals surface area contributed by atoms with Crippen LogP contribution in [0.15, 0.2) is 93.9 Å². The second-order valence-corrected chi connectivity index (χ2v) is 8.83. The summed E-state index contributed by atoms with van der Waals surface area (Å²) < 4.78 is 8.11. The minimum absolute atomic E-state index is 0.151. The van der Waals surface area contributed by atoms with Crippen LogP contribution < -0.4 is 16.2 Å². The van der Waals surface area contributed by atoms with Crippen molar-refractivity contribution in [1.29, 1.82) is 5.41 Å². The van der Waals surface area contributed by atoms with Crippen LogP contribution in [0, 0.1) is 5.41 Å². The molecule has 0 saturated carbocycles. The molecule has 3 N–H and O–H groups in total. The van der Waals surface area contributed by atoms with Crippen LogP contribution in [0.3, 0.4) is 0 Å². The molecule has 35 heavy (non-hydrogen) atoms. The van der Waals surface area contributed by atoms with E-state index in [0.29, 0.717) is 30.0 Å². The number of hydrogen-bond acceptors (Lipinski definition) is 6. The molecule has 5 aromatic rings. The molecule has 0 aliphatic heterocycles. The first-order chi connectivity index (χ1) is 17.0. The predicted molar refractivity (Wildman–Crippen MR) is 137 cm³/mol. The number of amides is 1. The molecule has 1 amide bonds. The third-order valence-corrected chi connectivity index (χ3v) is 5.88. The zero-order valence-electron chi connectivity index (χ0n) is 18.5. The van der Waals surface area contributed by atoms with Gasteiger partial charge >= 0.3 is 0 Å². The molecule has 0 atom stereocenters. The summed E-state index contributed by atoms with van der Waals surface area (Å²) >= 11 is 3.46. The molecule has 0 radical (unpaired) electrons. The largest absolute Gasteiger partial charge is 0.438 e. The Morgan fingerprint density at radius 3 is 2.66 bits per heavy atom. The van der Waals surface area contributed by atoms with Gasteiger partial charge in [-0.1, -0.05) is 69.7 Å². The van der Waals surface area contributed by atoms with Crippen LogP contribution in [0.4, 0.5) is 11.4 Å². The van der Waals surface area contributed by atoms with Gasteiger partial charge in [-0.2, -0.15) is 0 Å². The number of anilines is 2. The number of aromatic nitrogens is 3. The lowest BCUT2D eigenvalue weighted by atomic mass is 10.1. The minimum atomic E-state index is -0.431. The van der Waals surface area contributed by atoms with E-state index in [-0.39, 0.29) is 11.1 Å². The Kier molecular flexibility index (Phi) is 6.40. The molecule has 174 valence electrons. The lowest BCUT2D eigenvalue weighted by molar-refractivity contribution is 0.102. The topological polar surface area (TPSA) is 109 Å². The van der Waals surface area contributed by atoms with Crippen LogP contribution in [-0.4, -0.2) is 20.9 Å². The molecule has 2 heterocycles. The maximum atomic E-state index is 13.0. The SMILES string of the molecule is N=c1oc2ccccc2cc1C(=O)Nc1cc(Br)ccc1NCc1cn(Cc2ccccc2)nn1. The molecule has 2 aromatic heterocycles. The van der Waals surface area contributed by atoms with Crippen molar-refractivity contribution in [2.24, 2.45) is 0 Å². The first-order valence-corrected chi connectivity index (χ1v) is 11.7. The van der Waals surface area contributed by atoms with Gasteiger partial charge < -0.3 is 15.1 Å². The van der Waals surface area contributed by atoms with Crippen LogP contribution in [0.1, 0.15) is 21.6 Å². The van der Waals surface area contributed by atoms with Crippen LogP contribution in [0.2, 0.25) is 0 Å². The molecule has 0 aliphatic carbocycles. The van der Waals surface area contributed by atoms with Crippen molar-refractivity contribution in [3.63, 3.8) is 0 Å². The maximum Gasteiger partial charge on any atom is 0.261 e. The summed E-state index contributed by atoms with van der Waals surface area (Å²) in [5, 5.41) is 23.6. The smallest absolute Gasteiger partial charge is 0.261 e. The van der Waals surface area contributed by atoms with E-state index in [4.69, 9.17) is 9.83 Å². The van der Waals surface area contributed by atoms with Gasteiger partial charge in [-0.3, -0.25) is 10.2 Å². The number of halogens is 1. The number of carbonyl (C=O) groups is 1. The lowest BCUT2D eigenvalue weighted by Gasteiger charge is -2.13. The van der Waals surface area contributed by atoms with Gasteiger partial charge in [0.25, 0.3) is 5.91 Å². The lowest BCUT2D eigenvalue weighted by Crippen LogP contribution is -2.21. The molecule has 0 saturated heterocycles. The zero-order valence-corrected chi connectivity index (χ0v) is 20.1. The summed E-state index contributed by atoms with van der Waals surface area (Å²) in [6, 6.07) is 24.5. The Bertz CT molecular complexity index is 1560. The number of nitrogens with zero attached hydrogens (tertiary/aromatic N) is 3. The number of rotatable bonds is 7. The standard InChI is InChI=1S/C26H21BrN6O2/c27-19-10-11-22(29-14-20-16-33(32-31-20)15-17-6-2-1-3-7-17)23(13-19)30-26(34)21-12-18-8-4-5-9-24(18)35-25(21)28/h1-13,16,28-29H,14-15H2,(H,30,34). The Labute approximate surface area is 209 Å². The average molecular weight is 529 g/mol. The molecular weight excluding hydrogens is 508 g/mol.